The van der Waals surface area contributed by atoms with Crippen LogP contribution in [0.1, 0.15) is 6.42 Å². The lowest BCUT2D eigenvalue weighted by atomic mass is 10.4. The molecule has 0 aliphatic heterocycles. The van der Waals surface area contributed by atoms with Crippen molar-refractivity contribution in [2.75, 3.05) is 38.6 Å². The standard InChI is InChI=1S/C7H17NO5S/c9-5-3-8(4-6-10)2-1-7-14(11,12)13/h9-10H,1-7H2,(H,11,12,13). The van der Waals surface area contributed by atoms with E-state index in [0.29, 0.717) is 26.1 Å². The van der Waals surface area contributed by atoms with Gasteiger partial charge in [-0.05, 0) is 13.0 Å². The number of rotatable bonds is 8. The molecule has 0 unspecified atom stereocenters. The minimum Gasteiger partial charge on any atom is -0.395 e. The Morgan fingerprint density at radius 2 is 1.50 bits per heavy atom. The highest BCUT2D eigenvalue weighted by Crippen LogP contribution is 1.94. The van der Waals surface area contributed by atoms with Crippen LogP contribution in [0.15, 0.2) is 0 Å². The quantitative estimate of drug-likeness (QED) is 0.439. The molecule has 0 amide bonds. The van der Waals surface area contributed by atoms with Crippen LogP contribution >= 0.6 is 0 Å². The molecule has 6 nitrogen and oxygen atoms in total. The minimum atomic E-state index is -3.90. The van der Waals surface area contributed by atoms with E-state index in [1.54, 1.807) is 4.90 Å². The van der Waals surface area contributed by atoms with Crippen molar-refractivity contribution in [2.24, 2.45) is 0 Å². The van der Waals surface area contributed by atoms with Crippen LogP contribution in [0, 0.1) is 0 Å². The van der Waals surface area contributed by atoms with Crippen LogP contribution in [-0.4, -0.2) is 66.7 Å². The summed E-state index contributed by atoms with van der Waals surface area (Å²) in [5.74, 6) is -0.291. The molecular formula is C7H17NO5S. The average Bonchev–Trinajstić information content (AvgIpc) is 2.02. The first-order chi connectivity index (χ1) is 6.49. The summed E-state index contributed by atoms with van der Waals surface area (Å²) in [6.45, 7) is 1.15. The number of aliphatic hydroxyl groups excluding tert-OH is 2. The minimum absolute atomic E-state index is 0.0358. The lowest BCUT2D eigenvalue weighted by molar-refractivity contribution is 0.161. The van der Waals surface area contributed by atoms with Crippen LogP contribution in [0.25, 0.3) is 0 Å². The smallest absolute Gasteiger partial charge is 0.264 e. The van der Waals surface area contributed by atoms with Gasteiger partial charge >= 0.3 is 0 Å². The second-order valence-corrected chi connectivity index (χ2v) is 4.50. The second kappa shape index (κ2) is 7.13. The first-order valence-corrected chi connectivity index (χ1v) is 5.99. The van der Waals surface area contributed by atoms with Crippen molar-refractivity contribution < 1.29 is 23.2 Å². The molecule has 0 aromatic heterocycles. The van der Waals surface area contributed by atoms with Crippen molar-refractivity contribution in [3.8, 4) is 0 Å². The molecule has 0 heterocycles. The Hall–Kier alpha value is -0.210. The molecule has 0 aliphatic rings. The van der Waals surface area contributed by atoms with Crippen molar-refractivity contribution in [3.63, 3.8) is 0 Å². The predicted molar refractivity (Wildman–Crippen MR) is 51.6 cm³/mol. The zero-order chi connectivity index (χ0) is 11.0. The summed E-state index contributed by atoms with van der Waals surface area (Å²) < 4.78 is 29.2. The van der Waals surface area contributed by atoms with Crippen LogP contribution in [0.3, 0.4) is 0 Å². The van der Waals surface area contributed by atoms with Gasteiger partial charge in [0.05, 0.1) is 19.0 Å². The van der Waals surface area contributed by atoms with Crippen LogP contribution in [0.2, 0.25) is 0 Å². The first kappa shape index (κ1) is 13.8. The molecule has 0 saturated carbocycles. The number of hydrogen-bond donors (Lipinski definition) is 3. The van der Waals surface area contributed by atoms with Gasteiger partial charge < -0.3 is 10.2 Å². The lowest BCUT2D eigenvalue weighted by Crippen LogP contribution is -2.31. The summed E-state index contributed by atoms with van der Waals surface area (Å²) >= 11 is 0. The Morgan fingerprint density at radius 3 is 1.86 bits per heavy atom. The fourth-order valence-corrected chi connectivity index (χ4v) is 1.58. The molecule has 0 aromatic rings. The molecule has 0 saturated heterocycles. The predicted octanol–water partition coefficient (Wildman–Crippen LogP) is -1.45. The zero-order valence-electron chi connectivity index (χ0n) is 7.96. The third-order valence-corrected chi connectivity index (χ3v) is 2.51. The molecule has 0 fully saturated rings. The first-order valence-electron chi connectivity index (χ1n) is 4.39. The Labute approximate surface area is 83.9 Å². The topological polar surface area (TPSA) is 98.1 Å². The highest BCUT2D eigenvalue weighted by Gasteiger charge is 2.07. The Bertz CT molecular complexity index is 222. The summed E-state index contributed by atoms with van der Waals surface area (Å²) in [5.41, 5.74) is 0. The van der Waals surface area contributed by atoms with E-state index in [0.717, 1.165) is 0 Å². The molecule has 7 heteroatoms. The van der Waals surface area contributed by atoms with Crippen LogP contribution in [0.4, 0.5) is 0 Å². The van der Waals surface area contributed by atoms with Gasteiger partial charge in [-0.3, -0.25) is 9.45 Å². The number of aliphatic hydroxyl groups is 2. The molecule has 0 aromatic carbocycles. The van der Waals surface area contributed by atoms with Crippen molar-refractivity contribution >= 4 is 10.1 Å². The second-order valence-electron chi connectivity index (χ2n) is 2.93. The average molecular weight is 227 g/mol. The molecule has 14 heavy (non-hydrogen) atoms. The maximum atomic E-state index is 10.4. The Morgan fingerprint density at radius 1 is 1.00 bits per heavy atom. The summed E-state index contributed by atoms with van der Waals surface area (Å²) in [5, 5.41) is 17.3. The van der Waals surface area contributed by atoms with E-state index < -0.39 is 10.1 Å². The van der Waals surface area contributed by atoms with E-state index in [4.69, 9.17) is 14.8 Å². The molecule has 0 rings (SSSR count). The van der Waals surface area contributed by atoms with Gasteiger partial charge in [0.2, 0.25) is 0 Å². The lowest BCUT2D eigenvalue weighted by Gasteiger charge is -2.19. The van der Waals surface area contributed by atoms with Crippen molar-refractivity contribution in [1.29, 1.82) is 0 Å². The SMILES string of the molecule is O=S(=O)(O)CCCN(CCO)CCO. The van der Waals surface area contributed by atoms with Crippen LogP contribution in [0.5, 0.6) is 0 Å². The van der Waals surface area contributed by atoms with Gasteiger partial charge in [0, 0.05) is 13.1 Å². The Kier molecular flexibility index (Phi) is 7.02. The number of hydrogen-bond acceptors (Lipinski definition) is 5. The summed E-state index contributed by atoms with van der Waals surface area (Å²) in [7, 11) is -3.90. The molecule has 0 bridgehead atoms. The fourth-order valence-electron chi connectivity index (χ4n) is 1.09. The van der Waals surface area contributed by atoms with Crippen LogP contribution in [-0.2, 0) is 10.1 Å². The van der Waals surface area contributed by atoms with Gasteiger partial charge in [-0.2, -0.15) is 8.42 Å². The summed E-state index contributed by atoms with van der Waals surface area (Å²) in [6.07, 6.45) is 0.291. The third-order valence-electron chi connectivity index (χ3n) is 1.71. The molecule has 86 valence electrons. The fraction of sp³-hybridized carbons (Fsp3) is 1.00. The highest BCUT2D eigenvalue weighted by molar-refractivity contribution is 7.85. The van der Waals surface area contributed by atoms with Gasteiger partial charge in [-0.25, -0.2) is 0 Å². The van der Waals surface area contributed by atoms with E-state index in [1.165, 1.54) is 0 Å². The summed E-state index contributed by atoms with van der Waals surface area (Å²) in [6, 6.07) is 0. The molecule has 0 radical (unpaired) electrons. The van der Waals surface area contributed by atoms with Crippen LogP contribution < -0.4 is 0 Å². The van der Waals surface area contributed by atoms with Gasteiger partial charge in [-0.1, -0.05) is 0 Å². The molecule has 0 aliphatic carbocycles. The Balaban J connectivity index is 3.70. The molecule has 0 atom stereocenters. The number of nitrogens with zero attached hydrogens (tertiary/aromatic N) is 1. The van der Waals surface area contributed by atoms with Crippen molar-refractivity contribution in [3.05, 3.63) is 0 Å². The highest BCUT2D eigenvalue weighted by atomic mass is 32.2. The molecule has 0 spiro atoms. The van der Waals surface area contributed by atoms with E-state index in [-0.39, 0.29) is 19.0 Å². The maximum Gasteiger partial charge on any atom is 0.264 e. The van der Waals surface area contributed by atoms with E-state index in [2.05, 4.69) is 0 Å². The van der Waals surface area contributed by atoms with Gasteiger partial charge in [-0.15, -0.1) is 0 Å². The van der Waals surface area contributed by atoms with E-state index in [9.17, 15) is 8.42 Å². The van der Waals surface area contributed by atoms with Gasteiger partial charge in [0.25, 0.3) is 10.1 Å². The molecular weight excluding hydrogens is 210 g/mol. The van der Waals surface area contributed by atoms with Gasteiger partial charge in [0.1, 0.15) is 0 Å². The normalized spacial score (nSPS) is 12.3. The van der Waals surface area contributed by atoms with E-state index in [1.807, 2.05) is 0 Å². The van der Waals surface area contributed by atoms with Crippen molar-refractivity contribution in [1.82, 2.24) is 4.90 Å². The largest absolute Gasteiger partial charge is 0.395 e. The zero-order valence-corrected chi connectivity index (χ0v) is 8.78. The van der Waals surface area contributed by atoms with E-state index >= 15 is 0 Å². The molecule has 3 N–H and O–H groups in total. The summed E-state index contributed by atoms with van der Waals surface area (Å²) in [4.78, 5) is 1.73. The van der Waals surface area contributed by atoms with Crippen molar-refractivity contribution in [2.45, 2.75) is 6.42 Å². The third kappa shape index (κ3) is 8.39. The monoisotopic (exact) mass is 227 g/mol. The van der Waals surface area contributed by atoms with Gasteiger partial charge in [0.15, 0.2) is 0 Å². The maximum absolute atomic E-state index is 10.4.